The number of benzene rings is 1. The number of hydrogen-bond acceptors (Lipinski definition) is 3. The molecule has 0 amide bonds. The van der Waals surface area contributed by atoms with E-state index >= 15 is 0 Å². The van der Waals surface area contributed by atoms with E-state index in [9.17, 15) is 13.2 Å². The van der Waals surface area contributed by atoms with Crippen LogP contribution in [0.5, 0.6) is 0 Å². The highest BCUT2D eigenvalue weighted by Crippen LogP contribution is 2.33. The Labute approximate surface area is 161 Å². The highest BCUT2D eigenvalue weighted by atomic mass is 19.4. The topological polar surface area (TPSA) is 34.0 Å². The third-order valence-electron chi connectivity index (χ3n) is 4.83. The van der Waals surface area contributed by atoms with Crippen LogP contribution >= 0.6 is 0 Å². The lowest BCUT2D eigenvalue weighted by molar-refractivity contribution is -0.137. The Morgan fingerprint density at radius 3 is 2.61 bits per heavy atom. The standard InChI is InChI=1S/C21H19F3N4/c1-27-14-18(16-5-4-6-17(13-16)21(22,23)24)26-20(27)15-8-11-28(12-9-15)19-7-2-3-10-25-19/h2-8,10,13-14H,9,11-12H2,1H3. The molecule has 1 aromatic carbocycles. The predicted molar refractivity (Wildman–Crippen MR) is 103 cm³/mol. The van der Waals surface area contributed by atoms with Crippen molar-refractivity contribution in [2.75, 3.05) is 18.0 Å². The second-order valence-electron chi connectivity index (χ2n) is 6.75. The number of aryl methyl sites for hydroxylation is 1. The van der Waals surface area contributed by atoms with Gasteiger partial charge in [0.1, 0.15) is 11.6 Å². The largest absolute Gasteiger partial charge is 0.416 e. The molecule has 0 unspecified atom stereocenters. The Morgan fingerprint density at radius 1 is 1.07 bits per heavy atom. The van der Waals surface area contributed by atoms with Gasteiger partial charge in [-0.15, -0.1) is 0 Å². The van der Waals surface area contributed by atoms with Crippen molar-refractivity contribution >= 4 is 11.4 Å². The van der Waals surface area contributed by atoms with Crippen LogP contribution < -0.4 is 4.90 Å². The zero-order valence-electron chi connectivity index (χ0n) is 15.3. The molecule has 0 saturated carbocycles. The van der Waals surface area contributed by atoms with Gasteiger partial charge in [0, 0.05) is 38.1 Å². The maximum absolute atomic E-state index is 13.0. The summed E-state index contributed by atoms with van der Waals surface area (Å²) >= 11 is 0. The van der Waals surface area contributed by atoms with Crippen LogP contribution in [0.15, 0.2) is 60.9 Å². The van der Waals surface area contributed by atoms with Crippen molar-refractivity contribution in [3.8, 4) is 11.3 Å². The maximum atomic E-state index is 13.0. The van der Waals surface area contributed by atoms with Crippen LogP contribution in [0.2, 0.25) is 0 Å². The molecule has 0 aliphatic carbocycles. The van der Waals surface area contributed by atoms with Gasteiger partial charge in [-0.2, -0.15) is 13.2 Å². The highest BCUT2D eigenvalue weighted by molar-refractivity contribution is 5.68. The van der Waals surface area contributed by atoms with Crippen LogP contribution in [-0.4, -0.2) is 27.6 Å². The first kappa shape index (κ1) is 18.3. The molecule has 1 aliphatic rings. The van der Waals surface area contributed by atoms with E-state index in [4.69, 9.17) is 0 Å². The average Bonchev–Trinajstić information content (AvgIpc) is 3.10. The van der Waals surface area contributed by atoms with E-state index < -0.39 is 11.7 Å². The Hall–Kier alpha value is -3.09. The van der Waals surface area contributed by atoms with Crippen molar-refractivity contribution in [1.29, 1.82) is 0 Å². The Bertz CT molecular complexity index is 1010. The van der Waals surface area contributed by atoms with Crippen LogP contribution in [-0.2, 0) is 13.2 Å². The summed E-state index contributed by atoms with van der Waals surface area (Å²) in [6.07, 6.45) is 2.08. The first-order valence-corrected chi connectivity index (χ1v) is 8.98. The number of aromatic nitrogens is 3. The summed E-state index contributed by atoms with van der Waals surface area (Å²) in [6, 6.07) is 11.1. The van der Waals surface area contributed by atoms with Crippen molar-refractivity contribution < 1.29 is 13.2 Å². The molecule has 144 valence electrons. The van der Waals surface area contributed by atoms with Crippen molar-refractivity contribution in [3.05, 3.63) is 72.3 Å². The quantitative estimate of drug-likeness (QED) is 0.651. The predicted octanol–water partition coefficient (Wildman–Crippen LogP) is 4.79. The normalized spacial score (nSPS) is 14.9. The van der Waals surface area contributed by atoms with E-state index in [1.54, 1.807) is 18.5 Å². The summed E-state index contributed by atoms with van der Waals surface area (Å²) in [4.78, 5) is 11.2. The molecule has 0 atom stereocenters. The summed E-state index contributed by atoms with van der Waals surface area (Å²) < 4.78 is 40.8. The van der Waals surface area contributed by atoms with E-state index in [1.165, 1.54) is 6.07 Å². The molecule has 0 bridgehead atoms. The lowest BCUT2D eigenvalue weighted by Crippen LogP contribution is -2.29. The van der Waals surface area contributed by atoms with Crippen molar-refractivity contribution in [2.45, 2.75) is 12.6 Å². The van der Waals surface area contributed by atoms with Crippen LogP contribution in [0.3, 0.4) is 0 Å². The fourth-order valence-electron chi connectivity index (χ4n) is 3.38. The lowest BCUT2D eigenvalue weighted by Gasteiger charge is -2.27. The molecule has 28 heavy (non-hydrogen) atoms. The third kappa shape index (κ3) is 3.65. The number of hydrogen-bond donors (Lipinski definition) is 0. The summed E-state index contributed by atoms with van der Waals surface area (Å²) in [5.74, 6) is 1.72. The van der Waals surface area contributed by atoms with Gasteiger partial charge >= 0.3 is 6.18 Å². The number of halogens is 3. The second-order valence-corrected chi connectivity index (χ2v) is 6.75. The lowest BCUT2D eigenvalue weighted by atomic mass is 10.1. The Balaban J connectivity index is 1.58. The Kier molecular flexibility index (Phi) is 4.66. The van der Waals surface area contributed by atoms with Crippen LogP contribution in [0.1, 0.15) is 17.8 Å². The smallest absolute Gasteiger partial charge is 0.353 e. The van der Waals surface area contributed by atoms with Gasteiger partial charge in [-0.25, -0.2) is 9.97 Å². The molecule has 0 fully saturated rings. The van der Waals surface area contributed by atoms with Gasteiger partial charge in [0.2, 0.25) is 0 Å². The number of nitrogens with zero attached hydrogens (tertiary/aromatic N) is 4. The van der Waals surface area contributed by atoms with Gasteiger partial charge in [0.05, 0.1) is 11.3 Å². The highest BCUT2D eigenvalue weighted by Gasteiger charge is 2.30. The molecular weight excluding hydrogens is 365 g/mol. The number of pyridine rings is 1. The van der Waals surface area contributed by atoms with Gasteiger partial charge < -0.3 is 9.47 Å². The third-order valence-corrected chi connectivity index (χ3v) is 4.83. The van der Waals surface area contributed by atoms with Crippen LogP contribution in [0.25, 0.3) is 16.8 Å². The fourth-order valence-corrected chi connectivity index (χ4v) is 3.38. The van der Waals surface area contributed by atoms with E-state index in [0.29, 0.717) is 11.3 Å². The molecular formula is C21H19F3N4. The minimum absolute atomic E-state index is 0.461. The molecule has 2 aromatic heterocycles. The molecule has 7 heteroatoms. The molecule has 4 rings (SSSR count). The zero-order valence-corrected chi connectivity index (χ0v) is 15.3. The number of alkyl halides is 3. The van der Waals surface area contributed by atoms with Crippen molar-refractivity contribution in [3.63, 3.8) is 0 Å². The second kappa shape index (κ2) is 7.14. The molecule has 4 nitrogen and oxygen atoms in total. The number of anilines is 1. The molecule has 0 N–H and O–H groups in total. The first-order chi connectivity index (χ1) is 13.4. The van der Waals surface area contributed by atoms with Gasteiger partial charge in [-0.3, -0.25) is 0 Å². The van der Waals surface area contributed by atoms with Gasteiger partial charge in [-0.05, 0) is 36.3 Å². The van der Waals surface area contributed by atoms with Crippen molar-refractivity contribution in [2.24, 2.45) is 7.05 Å². The molecule has 3 heterocycles. The van der Waals surface area contributed by atoms with E-state index in [-0.39, 0.29) is 0 Å². The van der Waals surface area contributed by atoms with Gasteiger partial charge in [-0.1, -0.05) is 24.3 Å². The van der Waals surface area contributed by atoms with Gasteiger partial charge in [0.15, 0.2) is 0 Å². The molecule has 0 radical (unpaired) electrons. The zero-order chi connectivity index (χ0) is 19.7. The van der Waals surface area contributed by atoms with Crippen LogP contribution in [0, 0.1) is 0 Å². The van der Waals surface area contributed by atoms with E-state index in [0.717, 1.165) is 48.9 Å². The summed E-state index contributed by atoms with van der Waals surface area (Å²) in [5, 5.41) is 0. The minimum atomic E-state index is -4.37. The summed E-state index contributed by atoms with van der Waals surface area (Å²) in [6.45, 7) is 1.53. The summed E-state index contributed by atoms with van der Waals surface area (Å²) in [5.41, 5.74) is 1.42. The molecule has 0 saturated heterocycles. The van der Waals surface area contributed by atoms with Gasteiger partial charge in [0.25, 0.3) is 0 Å². The first-order valence-electron chi connectivity index (χ1n) is 8.98. The van der Waals surface area contributed by atoms with E-state index in [1.807, 2.05) is 29.8 Å². The molecule has 0 spiro atoms. The average molecular weight is 384 g/mol. The Morgan fingerprint density at radius 2 is 1.93 bits per heavy atom. The monoisotopic (exact) mass is 384 g/mol. The van der Waals surface area contributed by atoms with Crippen LogP contribution in [0.4, 0.5) is 19.0 Å². The number of imidazole rings is 1. The fraction of sp³-hybridized carbons (Fsp3) is 0.238. The SMILES string of the molecule is Cn1cc(-c2cccc(C(F)(F)F)c2)nc1C1=CCN(c2ccccn2)CC1. The number of rotatable bonds is 3. The minimum Gasteiger partial charge on any atom is -0.353 e. The molecule has 3 aromatic rings. The molecule has 1 aliphatic heterocycles. The van der Waals surface area contributed by atoms with Crippen molar-refractivity contribution in [1.82, 2.24) is 14.5 Å². The summed E-state index contributed by atoms with van der Waals surface area (Å²) in [7, 11) is 1.87. The van der Waals surface area contributed by atoms with E-state index in [2.05, 4.69) is 20.9 Å². The maximum Gasteiger partial charge on any atom is 0.416 e.